The van der Waals surface area contributed by atoms with Crippen molar-refractivity contribution in [2.45, 2.75) is 17.4 Å². The fourth-order valence-electron chi connectivity index (χ4n) is 1.23. The first-order valence-corrected chi connectivity index (χ1v) is 7.26. The molecule has 1 atom stereocenters. The predicted octanol–water partition coefficient (Wildman–Crippen LogP) is 0.563. The minimum absolute atomic E-state index is 0.0325. The maximum atomic E-state index is 11.9. The lowest BCUT2D eigenvalue weighted by Gasteiger charge is -2.13. The Morgan fingerprint density at radius 2 is 1.89 bits per heavy atom. The lowest BCUT2D eigenvalue weighted by atomic mass is 10.2. The van der Waals surface area contributed by atoms with Crippen molar-refractivity contribution in [1.29, 1.82) is 0 Å². The van der Waals surface area contributed by atoms with E-state index >= 15 is 0 Å². The normalized spacial score (nSPS) is 13.2. The van der Waals surface area contributed by atoms with Crippen molar-refractivity contribution in [2.24, 2.45) is 0 Å². The van der Waals surface area contributed by atoms with Crippen LogP contribution in [-0.4, -0.2) is 37.2 Å². The van der Waals surface area contributed by atoms with E-state index in [1.54, 1.807) is 0 Å². The third-order valence-corrected chi connectivity index (χ3v) is 4.15. The highest BCUT2D eigenvalue weighted by Crippen LogP contribution is 2.15. The first-order chi connectivity index (χ1) is 8.36. The summed E-state index contributed by atoms with van der Waals surface area (Å²) in [5, 5.41) is 17.5. The highest BCUT2D eigenvalue weighted by atomic mass is 79.9. The Hall–Kier alpha value is -0.960. The number of halogens is 1. The lowest BCUT2D eigenvalue weighted by molar-refractivity contribution is -0.139. The predicted molar refractivity (Wildman–Crippen MR) is 67.6 cm³/mol. The molecule has 0 bridgehead atoms. The molecule has 100 valence electrons. The zero-order chi connectivity index (χ0) is 13.8. The monoisotopic (exact) mass is 337 g/mol. The average molecular weight is 338 g/mol. The molecule has 0 saturated carbocycles. The Bertz CT molecular complexity index is 514. The third kappa shape index (κ3) is 4.05. The van der Waals surface area contributed by atoms with Gasteiger partial charge in [0.2, 0.25) is 10.0 Å². The van der Waals surface area contributed by atoms with Gasteiger partial charge in [-0.3, -0.25) is 4.79 Å². The number of carbonyl (C=O) groups is 1. The Labute approximate surface area is 113 Å². The van der Waals surface area contributed by atoms with Gasteiger partial charge >= 0.3 is 5.97 Å². The van der Waals surface area contributed by atoms with Crippen molar-refractivity contribution in [2.75, 3.05) is 6.61 Å². The quantitative estimate of drug-likeness (QED) is 0.703. The highest BCUT2D eigenvalue weighted by molar-refractivity contribution is 9.10. The van der Waals surface area contributed by atoms with E-state index in [4.69, 9.17) is 10.2 Å². The first-order valence-electron chi connectivity index (χ1n) is 4.98. The van der Waals surface area contributed by atoms with Gasteiger partial charge in [0.05, 0.1) is 4.90 Å². The molecule has 0 amide bonds. The number of carboxylic acid groups (broad SMARTS) is 1. The van der Waals surface area contributed by atoms with E-state index in [0.717, 1.165) is 0 Å². The van der Waals surface area contributed by atoms with E-state index in [-0.39, 0.29) is 11.3 Å². The summed E-state index contributed by atoms with van der Waals surface area (Å²) < 4.78 is 26.5. The second-order valence-corrected chi connectivity index (χ2v) is 6.11. The van der Waals surface area contributed by atoms with Gasteiger partial charge < -0.3 is 10.2 Å². The van der Waals surface area contributed by atoms with Crippen LogP contribution in [0.2, 0.25) is 0 Å². The molecule has 0 fully saturated rings. The molecule has 18 heavy (non-hydrogen) atoms. The molecule has 1 aromatic carbocycles. The van der Waals surface area contributed by atoms with Gasteiger partial charge in [-0.25, -0.2) is 8.42 Å². The van der Waals surface area contributed by atoms with Crippen molar-refractivity contribution in [3.05, 3.63) is 28.7 Å². The van der Waals surface area contributed by atoms with Crippen LogP contribution in [0.1, 0.15) is 6.42 Å². The van der Waals surface area contributed by atoms with Gasteiger partial charge in [-0.2, -0.15) is 4.72 Å². The molecule has 0 radical (unpaired) electrons. The van der Waals surface area contributed by atoms with Crippen LogP contribution in [0.25, 0.3) is 0 Å². The number of hydrogen-bond acceptors (Lipinski definition) is 4. The van der Waals surface area contributed by atoms with Crippen LogP contribution in [0.15, 0.2) is 33.6 Å². The molecule has 1 aromatic rings. The molecule has 0 aliphatic heterocycles. The van der Waals surface area contributed by atoms with Gasteiger partial charge in [0.1, 0.15) is 6.04 Å². The van der Waals surface area contributed by atoms with E-state index in [9.17, 15) is 13.2 Å². The van der Waals surface area contributed by atoms with Gasteiger partial charge in [-0.05, 0) is 30.7 Å². The Morgan fingerprint density at radius 3 is 2.33 bits per heavy atom. The van der Waals surface area contributed by atoms with E-state index in [1.807, 2.05) is 4.72 Å². The highest BCUT2D eigenvalue weighted by Gasteiger charge is 2.24. The third-order valence-electron chi connectivity index (χ3n) is 2.14. The average Bonchev–Trinajstić information content (AvgIpc) is 2.28. The lowest BCUT2D eigenvalue weighted by Crippen LogP contribution is -2.41. The minimum Gasteiger partial charge on any atom is -0.480 e. The maximum Gasteiger partial charge on any atom is 0.321 e. The van der Waals surface area contributed by atoms with Crippen molar-refractivity contribution in [3.8, 4) is 0 Å². The van der Waals surface area contributed by atoms with Crippen LogP contribution in [0.5, 0.6) is 0 Å². The Balaban J connectivity index is 2.93. The number of hydrogen-bond donors (Lipinski definition) is 3. The van der Waals surface area contributed by atoms with Crippen LogP contribution in [0.4, 0.5) is 0 Å². The SMILES string of the molecule is O=C(O)[C@H](CCO)NS(=O)(=O)c1ccc(Br)cc1. The second-order valence-electron chi connectivity index (χ2n) is 3.48. The van der Waals surface area contributed by atoms with Crippen molar-refractivity contribution < 1.29 is 23.4 Å². The Morgan fingerprint density at radius 1 is 1.33 bits per heavy atom. The number of aliphatic hydroxyl groups excluding tert-OH is 1. The van der Waals surface area contributed by atoms with Gasteiger partial charge in [0, 0.05) is 11.1 Å². The molecule has 3 N–H and O–H groups in total. The largest absolute Gasteiger partial charge is 0.480 e. The topological polar surface area (TPSA) is 104 Å². The van der Waals surface area contributed by atoms with E-state index in [2.05, 4.69) is 15.9 Å². The number of nitrogens with one attached hydrogen (secondary N) is 1. The number of rotatable bonds is 6. The summed E-state index contributed by atoms with van der Waals surface area (Å²) in [6.45, 7) is -0.417. The number of carboxylic acids is 1. The minimum atomic E-state index is -3.91. The van der Waals surface area contributed by atoms with Crippen LogP contribution in [0, 0.1) is 0 Å². The molecule has 0 spiro atoms. The first kappa shape index (κ1) is 15.1. The maximum absolute atomic E-state index is 11.9. The second kappa shape index (κ2) is 6.28. The molecule has 0 heterocycles. The number of benzene rings is 1. The van der Waals surface area contributed by atoms with Crippen LogP contribution in [0.3, 0.4) is 0 Å². The van der Waals surface area contributed by atoms with Gasteiger partial charge in [-0.15, -0.1) is 0 Å². The molecule has 0 saturated heterocycles. The Kier molecular flexibility index (Phi) is 5.27. The fourth-order valence-corrected chi connectivity index (χ4v) is 2.72. The van der Waals surface area contributed by atoms with Gasteiger partial charge in [0.15, 0.2) is 0 Å². The summed E-state index contributed by atoms with van der Waals surface area (Å²) in [4.78, 5) is 10.8. The summed E-state index contributed by atoms with van der Waals surface area (Å²) in [7, 11) is -3.91. The molecule has 0 aliphatic carbocycles. The summed E-state index contributed by atoms with van der Waals surface area (Å²) in [6, 6.07) is 4.44. The van der Waals surface area contributed by atoms with Crippen molar-refractivity contribution in [1.82, 2.24) is 4.72 Å². The molecule has 1 rings (SSSR count). The summed E-state index contributed by atoms with van der Waals surface area (Å²) in [5.41, 5.74) is 0. The molecule has 0 unspecified atom stereocenters. The van der Waals surface area contributed by atoms with Crippen molar-refractivity contribution >= 4 is 31.9 Å². The fraction of sp³-hybridized carbons (Fsp3) is 0.300. The van der Waals surface area contributed by atoms with E-state index in [0.29, 0.717) is 4.47 Å². The molecular weight excluding hydrogens is 326 g/mol. The zero-order valence-corrected chi connectivity index (χ0v) is 11.6. The van der Waals surface area contributed by atoms with Gasteiger partial charge in [-0.1, -0.05) is 15.9 Å². The molecular formula is C10H12BrNO5S. The van der Waals surface area contributed by atoms with E-state index < -0.39 is 28.6 Å². The number of aliphatic hydroxyl groups is 1. The van der Waals surface area contributed by atoms with E-state index in [1.165, 1.54) is 24.3 Å². The summed E-state index contributed by atoms with van der Waals surface area (Å²) >= 11 is 3.17. The summed E-state index contributed by atoms with van der Waals surface area (Å²) in [5.74, 6) is -1.33. The van der Waals surface area contributed by atoms with Crippen molar-refractivity contribution in [3.63, 3.8) is 0 Å². The molecule has 0 aliphatic rings. The molecule has 8 heteroatoms. The van der Waals surface area contributed by atoms with Gasteiger partial charge in [0.25, 0.3) is 0 Å². The molecule has 6 nitrogen and oxygen atoms in total. The van der Waals surface area contributed by atoms with Crippen LogP contribution in [-0.2, 0) is 14.8 Å². The summed E-state index contributed by atoms with van der Waals surface area (Å²) in [6.07, 6.45) is -0.189. The number of aliphatic carboxylic acids is 1. The molecule has 0 aromatic heterocycles. The van der Waals surface area contributed by atoms with Crippen LogP contribution < -0.4 is 4.72 Å². The van der Waals surface area contributed by atoms with Crippen LogP contribution >= 0.6 is 15.9 Å². The number of sulfonamides is 1. The zero-order valence-electron chi connectivity index (χ0n) is 9.21. The smallest absolute Gasteiger partial charge is 0.321 e. The standard InChI is InChI=1S/C10H12BrNO5S/c11-7-1-3-8(4-2-7)18(16,17)12-9(5-6-13)10(14)15/h1-4,9,12-13H,5-6H2,(H,14,15)/t9-/m0/s1.